The summed E-state index contributed by atoms with van der Waals surface area (Å²) in [5.74, 6) is -0.0180. The smallest absolute Gasteiger partial charge is 0.339 e. The molecule has 1 aromatic heterocycles. The molecule has 5 rings (SSSR count). The lowest BCUT2D eigenvalue weighted by atomic mass is 10.0. The molecule has 1 amide bonds. The first-order valence-corrected chi connectivity index (χ1v) is 10.6. The number of methoxy groups -OCH3 is 1. The molecule has 0 aliphatic heterocycles. The van der Waals surface area contributed by atoms with Gasteiger partial charge in [0.25, 0.3) is 5.91 Å². The lowest BCUT2D eigenvalue weighted by Crippen LogP contribution is -2.30. The largest absolute Gasteiger partial charge is 0.497 e. The minimum atomic E-state index is -0.540. The van der Waals surface area contributed by atoms with E-state index in [9.17, 15) is 9.59 Å². The Hall–Kier alpha value is -3.93. The molecule has 0 atom stereocenters. The Kier molecular flexibility index (Phi) is 5.19. The maximum absolute atomic E-state index is 12.9. The number of fused-ring (bicyclic) bond motifs is 2. The highest BCUT2D eigenvalue weighted by atomic mass is 16.5. The summed E-state index contributed by atoms with van der Waals surface area (Å²) in [5, 5.41) is 5.60. The third-order valence-corrected chi connectivity index (χ3v) is 5.56. The zero-order valence-corrected chi connectivity index (χ0v) is 17.6. The number of aromatic nitrogens is 1. The number of benzene rings is 3. The molecular formula is C26H22N2O4. The van der Waals surface area contributed by atoms with E-state index in [2.05, 4.69) is 5.32 Å². The normalized spacial score (nSPS) is 13.2. The van der Waals surface area contributed by atoms with Gasteiger partial charge in [-0.3, -0.25) is 4.79 Å². The van der Waals surface area contributed by atoms with E-state index in [0.717, 1.165) is 34.9 Å². The highest BCUT2D eigenvalue weighted by Crippen LogP contribution is 2.29. The van der Waals surface area contributed by atoms with Gasteiger partial charge in [0.2, 0.25) is 0 Å². The molecule has 1 N–H and O–H groups in total. The molecule has 1 fully saturated rings. The second-order valence-corrected chi connectivity index (χ2v) is 7.92. The predicted octanol–water partition coefficient (Wildman–Crippen LogP) is 4.50. The van der Waals surface area contributed by atoms with Crippen LogP contribution < -0.4 is 10.1 Å². The SMILES string of the molecule is COc1ccc2cc(-c3cc(C(=O)OCC(=O)NC4CC4)c4ccccc4n3)ccc2c1. The van der Waals surface area contributed by atoms with Crippen LogP contribution in [0.15, 0.2) is 66.7 Å². The fraction of sp³-hybridized carbons (Fsp3) is 0.192. The van der Waals surface area contributed by atoms with Crippen LogP contribution in [0.1, 0.15) is 23.2 Å². The van der Waals surface area contributed by atoms with Crippen LogP contribution in [-0.2, 0) is 9.53 Å². The van der Waals surface area contributed by atoms with E-state index < -0.39 is 5.97 Å². The first-order valence-electron chi connectivity index (χ1n) is 10.6. The van der Waals surface area contributed by atoms with E-state index in [0.29, 0.717) is 22.2 Å². The Balaban J connectivity index is 1.49. The Morgan fingerprint density at radius 2 is 1.78 bits per heavy atom. The van der Waals surface area contributed by atoms with E-state index in [4.69, 9.17) is 14.5 Å². The predicted molar refractivity (Wildman–Crippen MR) is 123 cm³/mol. The monoisotopic (exact) mass is 426 g/mol. The zero-order chi connectivity index (χ0) is 22.1. The van der Waals surface area contributed by atoms with Crippen molar-refractivity contribution in [1.29, 1.82) is 0 Å². The second kappa shape index (κ2) is 8.30. The number of hydrogen-bond donors (Lipinski definition) is 1. The van der Waals surface area contributed by atoms with Crippen LogP contribution in [0.5, 0.6) is 5.75 Å². The zero-order valence-electron chi connectivity index (χ0n) is 17.6. The Morgan fingerprint density at radius 1 is 1.00 bits per heavy atom. The van der Waals surface area contributed by atoms with Gasteiger partial charge in [-0.25, -0.2) is 9.78 Å². The maximum Gasteiger partial charge on any atom is 0.339 e. The van der Waals surface area contributed by atoms with Gasteiger partial charge < -0.3 is 14.8 Å². The molecule has 1 aliphatic rings. The maximum atomic E-state index is 12.9. The van der Waals surface area contributed by atoms with Gasteiger partial charge in [0.1, 0.15) is 5.75 Å². The lowest BCUT2D eigenvalue weighted by molar-refractivity contribution is -0.124. The third-order valence-electron chi connectivity index (χ3n) is 5.56. The molecule has 1 aliphatic carbocycles. The number of nitrogens with one attached hydrogen (secondary N) is 1. The number of para-hydroxylation sites is 1. The molecule has 1 heterocycles. The molecule has 0 radical (unpaired) electrons. The molecule has 1 saturated carbocycles. The van der Waals surface area contributed by atoms with Crippen molar-refractivity contribution < 1.29 is 19.1 Å². The van der Waals surface area contributed by atoms with Crippen molar-refractivity contribution in [1.82, 2.24) is 10.3 Å². The molecule has 4 aromatic rings. The number of nitrogens with zero attached hydrogens (tertiary/aromatic N) is 1. The van der Waals surface area contributed by atoms with Crippen molar-refractivity contribution in [2.45, 2.75) is 18.9 Å². The van der Waals surface area contributed by atoms with Crippen molar-refractivity contribution in [2.24, 2.45) is 0 Å². The lowest BCUT2D eigenvalue weighted by Gasteiger charge is -2.11. The van der Waals surface area contributed by atoms with Crippen LogP contribution in [-0.4, -0.2) is 36.6 Å². The highest BCUT2D eigenvalue weighted by molar-refractivity contribution is 6.05. The van der Waals surface area contributed by atoms with Gasteiger partial charge in [-0.1, -0.05) is 36.4 Å². The molecule has 6 heteroatoms. The molecule has 0 spiro atoms. The van der Waals surface area contributed by atoms with Crippen molar-refractivity contribution in [2.75, 3.05) is 13.7 Å². The topological polar surface area (TPSA) is 77.5 Å². The second-order valence-electron chi connectivity index (χ2n) is 7.92. The summed E-state index contributed by atoms with van der Waals surface area (Å²) in [4.78, 5) is 29.6. The van der Waals surface area contributed by atoms with Gasteiger partial charge >= 0.3 is 5.97 Å². The summed E-state index contributed by atoms with van der Waals surface area (Å²) >= 11 is 0. The van der Waals surface area contributed by atoms with Crippen LogP contribution >= 0.6 is 0 Å². The fourth-order valence-corrected chi connectivity index (χ4v) is 3.71. The minimum absolute atomic E-state index is 0.224. The molecule has 6 nitrogen and oxygen atoms in total. The minimum Gasteiger partial charge on any atom is -0.497 e. The van der Waals surface area contributed by atoms with Crippen molar-refractivity contribution in [3.05, 3.63) is 72.3 Å². The standard InChI is InChI=1S/C26H22N2O4/c1-31-20-11-8-16-12-18(7-6-17(16)13-20)24-14-22(21-4-2-3-5-23(21)28-24)26(30)32-15-25(29)27-19-9-10-19/h2-8,11-14,19H,9-10,15H2,1H3,(H,27,29). The van der Waals surface area contributed by atoms with Crippen LogP contribution in [0.2, 0.25) is 0 Å². The summed E-state index contributed by atoms with van der Waals surface area (Å²) in [6.07, 6.45) is 1.97. The number of amides is 1. The van der Waals surface area contributed by atoms with Crippen molar-refractivity contribution >= 4 is 33.6 Å². The van der Waals surface area contributed by atoms with Crippen LogP contribution in [0, 0.1) is 0 Å². The van der Waals surface area contributed by atoms with Crippen molar-refractivity contribution in [3.8, 4) is 17.0 Å². The van der Waals surface area contributed by atoms with Gasteiger partial charge in [0.05, 0.1) is 23.9 Å². The van der Waals surface area contributed by atoms with Crippen molar-refractivity contribution in [3.63, 3.8) is 0 Å². The number of hydrogen-bond acceptors (Lipinski definition) is 5. The summed E-state index contributed by atoms with van der Waals surface area (Å²) in [6.45, 7) is -0.293. The number of carbonyl (C=O) groups is 2. The van der Waals surface area contributed by atoms with Gasteiger partial charge in [-0.2, -0.15) is 0 Å². The van der Waals surface area contributed by atoms with E-state index in [1.807, 2.05) is 60.7 Å². The molecule has 0 bridgehead atoms. The molecule has 3 aromatic carbocycles. The number of ether oxygens (including phenoxy) is 2. The number of carbonyl (C=O) groups excluding carboxylic acids is 2. The van der Waals surface area contributed by atoms with Gasteiger partial charge in [0.15, 0.2) is 6.61 Å². The fourth-order valence-electron chi connectivity index (χ4n) is 3.71. The number of pyridine rings is 1. The van der Waals surface area contributed by atoms with Gasteiger partial charge in [-0.15, -0.1) is 0 Å². The summed E-state index contributed by atoms with van der Waals surface area (Å²) in [7, 11) is 1.64. The Bertz CT molecular complexity index is 1340. The average molecular weight is 426 g/mol. The Morgan fingerprint density at radius 3 is 2.59 bits per heavy atom. The van der Waals surface area contributed by atoms with E-state index in [1.165, 1.54) is 0 Å². The van der Waals surface area contributed by atoms with Gasteiger partial charge in [0, 0.05) is 17.0 Å². The van der Waals surface area contributed by atoms with E-state index >= 15 is 0 Å². The molecule has 32 heavy (non-hydrogen) atoms. The first kappa shape index (κ1) is 20.0. The number of rotatable bonds is 6. The van der Waals surface area contributed by atoms with Crippen LogP contribution in [0.3, 0.4) is 0 Å². The Labute approximate surface area is 185 Å². The van der Waals surface area contributed by atoms with Crippen LogP contribution in [0.25, 0.3) is 32.9 Å². The van der Waals surface area contributed by atoms with Crippen LogP contribution in [0.4, 0.5) is 0 Å². The molecule has 0 saturated heterocycles. The molecule has 0 unspecified atom stereocenters. The summed E-state index contributed by atoms with van der Waals surface area (Å²) < 4.78 is 10.6. The summed E-state index contributed by atoms with van der Waals surface area (Å²) in [6, 6.07) is 21.3. The van der Waals surface area contributed by atoms with E-state index in [-0.39, 0.29) is 18.6 Å². The average Bonchev–Trinajstić information content (AvgIpc) is 3.65. The molecule has 160 valence electrons. The van der Waals surface area contributed by atoms with E-state index in [1.54, 1.807) is 13.2 Å². The summed E-state index contributed by atoms with van der Waals surface area (Å²) in [5.41, 5.74) is 2.62. The first-order chi connectivity index (χ1) is 15.6. The highest BCUT2D eigenvalue weighted by Gasteiger charge is 2.24. The van der Waals surface area contributed by atoms with Gasteiger partial charge in [-0.05, 0) is 53.9 Å². The third kappa shape index (κ3) is 4.12. The number of esters is 1. The molecular weight excluding hydrogens is 404 g/mol. The quantitative estimate of drug-likeness (QED) is 0.460.